The molecule has 0 aromatic heterocycles. The van der Waals surface area contributed by atoms with Crippen molar-refractivity contribution in [3.63, 3.8) is 0 Å². The van der Waals surface area contributed by atoms with Gasteiger partial charge in [0.05, 0.1) is 13.2 Å². The standard InChI is InChI=1S/C52H62O6/c1-5-7-9-11-13-15-17-23-33-55-51(53)57-49-43-27-21-19-25-39(43)47(41-31-29-37(3)35-45(41)49)48-40-26-20-22-28-44(40)50(46-36-38(4)30-32-42(46)48)58-52(54)56-34-24-18-16-14-12-10-8-6-2/h19-22,25-32,35-36H,5-18,23-24,33-34H2,1-4H3. The molecule has 0 saturated carbocycles. The minimum absolute atomic E-state index is 0.333. The van der Waals surface area contributed by atoms with E-state index in [2.05, 4.69) is 62.4 Å². The van der Waals surface area contributed by atoms with E-state index < -0.39 is 12.3 Å². The molecule has 0 amide bonds. The summed E-state index contributed by atoms with van der Waals surface area (Å²) < 4.78 is 23.6. The van der Waals surface area contributed by atoms with Gasteiger partial charge in [0, 0.05) is 21.5 Å². The molecule has 58 heavy (non-hydrogen) atoms. The fraction of sp³-hybridized carbons (Fsp3) is 0.423. The van der Waals surface area contributed by atoms with Crippen molar-refractivity contribution in [2.45, 2.75) is 130 Å². The molecule has 0 bridgehead atoms. The maximum Gasteiger partial charge on any atom is 0.513 e. The number of aryl methyl sites for hydroxylation is 2. The number of benzene rings is 6. The molecule has 0 atom stereocenters. The van der Waals surface area contributed by atoms with Crippen LogP contribution in [0.5, 0.6) is 11.5 Å². The van der Waals surface area contributed by atoms with Crippen molar-refractivity contribution < 1.29 is 28.5 Å². The van der Waals surface area contributed by atoms with E-state index in [4.69, 9.17) is 18.9 Å². The van der Waals surface area contributed by atoms with Crippen LogP contribution in [0.4, 0.5) is 9.59 Å². The van der Waals surface area contributed by atoms with Crippen molar-refractivity contribution in [2.24, 2.45) is 0 Å². The maximum atomic E-state index is 13.3. The van der Waals surface area contributed by atoms with Crippen molar-refractivity contribution in [2.75, 3.05) is 13.2 Å². The molecule has 0 N–H and O–H groups in total. The highest BCUT2D eigenvalue weighted by Crippen LogP contribution is 2.50. The van der Waals surface area contributed by atoms with Gasteiger partial charge < -0.3 is 18.9 Å². The van der Waals surface area contributed by atoms with E-state index in [0.717, 1.165) is 104 Å². The van der Waals surface area contributed by atoms with E-state index in [1.807, 2.05) is 50.2 Å². The molecule has 306 valence electrons. The lowest BCUT2D eigenvalue weighted by Crippen LogP contribution is -2.12. The summed E-state index contributed by atoms with van der Waals surface area (Å²) in [5.41, 5.74) is 4.12. The minimum atomic E-state index is -0.689. The zero-order chi connectivity index (χ0) is 40.7. The van der Waals surface area contributed by atoms with Crippen molar-refractivity contribution >= 4 is 55.4 Å². The first-order chi connectivity index (χ1) is 28.4. The molecule has 0 unspecified atom stereocenters. The van der Waals surface area contributed by atoms with Gasteiger partial charge in [-0.15, -0.1) is 0 Å². The number of hydrogen-bond acceptors (Lipinski definition) is 6. The lowest BCUT2D eigenvalue weighted by atomic mass is 9.85. The largest absolute Gasteiger partial charge is 0.513 e. The highest BCUT2D eigenvalue weighted by molar-refractivity contribution is 6.27. The van der Waals surface area contributed by atoms with Crippen LogP contribution in [0.2, 0.25) is 0 Å². The number of hydrogen-bond donors (Lipinski definition) is 0. The van der Waals surface area contributed by atoms with Crippen molar-refractivity contribution in [3.8, 4) is 22.6 Å². The Hall–Kier alpha value is -5.10. The van der Waals surface area contributed by atoms with Gasteiger partial charge in [-0.25, -0.2) is 9.59 Å². The summed E-state index contributed by atoms with van der Waals surface area (Å²) in [4.78, 5) is 26.6. The van der Waals surface area contributed by atoms with Gasteiger partial charge in [0.15, 0.2) is 0 Å². The lowest BCUT2D eigenvalue weighted by Gasteiger charge is -2.21. The van der Waals surface area contributed by atoms with Crippen LogP contribution in [0.3, 0.4) is 0 Å². The molecular weight excluding hydrogens is 721 g/mol. The van der Waals surface area contributed by atoms with Crippen molar-refractivity contribution in [3.05, 3.63) is 96.1 Å². The first kappa shape index (κ1) is 42.5. The SMILES string of the molecule is CCCCCCCCCCOC(=O)Oc1c2ccccc2c(-c2c3ccccc3c(OC(=O)OCCCCCCCCCC)c3cc(C)ccc23)c2ccc(C)cc12. The van der Waals surface area contributed by atoms with E-state index in [1.165, 1.54) is 64.2 Å². The van der Waals surface area contributed by atoms with Gasteiger partial charge in [-0.3, -0.25) is 0 Å². The first-order valence-electron chi connectivity index (χ1n) is 22.0. The summed E-state index contributed by atoms with van der Waals surface area (Å²) in [5, 5.41) is 7.05. The number of fused-ring (bicyclic) bond motifs is 4. The highest BCUT2D eigenvalue weighted by Gasteiger charge is 2.25. The average molecular weight is 783 g/mol. The Balaban J connectivity index is 1.32. The van der Waals surface area contributed by atoms with Crippen molar-refractivity contribution in [1.82, 2.24) is 0 Å². The van der Waals surface area contributed by atoms with Crippen LogP contribution >= 0.6 is 0 Å². The average Bonchev–Trinajstić information content (AvgIpc) is 3.23. The molecular formula is C52H62O6. The van der Waals surface area contributed by atoms with Gasteiger partial charge in [0.2, 0.25) is 0 Å². The Labute approximate surface area is 345 Å². The molecule has 6 nitrogen and oxygen atoms in total. The lowest BCUT2D eigenvalue weighted by molar-refractivity contribution is 0.0972. The van der Waals surface area contributed by atoms with E-state index in [9.17, 15) is 9.59 Å². The number of carbonyl (C=O) groups excluding carboxylic acids is 2. The summed E-state index contributed by atoms with van der Waals surface area (Å²) in [5.74, 6) is 0.977. The Kier molecular flexibility index (Phi) is 15.8. The van der Waals surface area contributed by atoms with Crippen LogP contribution in [0.1, 0.15) is 128 Å². The van der Waals surface area contributed by atoms with Crippen LogP contribution in [-0.4, -0.2) is 25.5 Å². The van der Waals surface area contributed by atoms with E-state index >= 15 is 0 Å². The van der Waals surface area contributed by atoms with Gasteiger partial charge in [0.25, 0.3) is 0 Å². The molecule has 6 aromatic rings. The number of ether oxygens (including phenoxy) is 4. The number of rotatable bonds is 21. The Morgan fingerprint density at radius 1 is 0.397 bits per heavy atom. The molecule has 0 aliphatic rings. The third-order valence-electron chi connectivity index (χ3n) is 11.3. The van der Waals surface area contributed by atoms with Crippen LogP contribution in [0.15, 0.2) is 84.9 Å². The predicted octanol–water partition coefficient (Wildman–Crippen LogP) is 15.9. The van der Waals surface area contributed by atoms with Gasteiger partial charge >= 0.3 is 12.3 Å². The van der Waals surface area contributed by atoms with Crippen LogP contribution in [-0.2, 0) is 9.47 Å². The summed E-state index contributed by atoms with van der Waals surface area (Å²) in [6, 6.07) is 28.8. The molecule has 6 heteroatoms. The monoisotopic (exact) mass is 782 g/mol. The normalized spacial score (nSPS) is 11.4. The fourth-order valence-electron chi connectivity index (χ4n) is 8.27. The molecule has 0 fully saturated rings. The second-order valence-electron chi connectivity index (χ2n) is 15.9. The van der Waals surface area contributed by atoms with Crippen molar-refractivity contribution in [1.29, 1.82) is 0 Å². The molecule has 0 heterocycles. The van der Waals surface area contributed by atoms with E-state index in [-0.39, 0.29) is 0 Å². The summed E-state index contributed by atoms with van der Waals surface area (Å²) >= 11 is 0. The molecule has 6 rings (SSSR count). The fourth-order valence-corrected chi connectivity index (χ4v) is 8.27. The van der Waals surface area contributed by atoms with Crippen LogP contribution in [0, 0.1) is 13.8 Å². The summed E-state index contributed by atoms with van der Waals surface area (Å²) in [7, 11) is 0. The molecule has 0 saturated heterocycles. The second-order valence-corrected chi connectivity index (χ2v) is 15.9. The van der Waals surface area contributed by atoms with Gasteiger partial charge in [-0.05, 0) is 71.5 Å². The zero-order valence-electron chi connectivity index (χ0n) is 35.3. The highest BCUT2D eigenvalue weighted by atomic mass is 16.7. The summed E-state index contributed by atoms with van der Waals surface area (Å²) in [6.07, 6.45) is 17.3. The Morgan fingerprint density at radius 2 is 0.724 bits per heavy atom. The molecule has 0 aliphatic heterocycles. The third-order valence-corrected chi connectivity index (χ3v) is 11.3. The Bertz CT molecular complexity index is 2140. The van der Waals surface area contributed by atoms with Gasteiger partial charge in [0.1, 0.15) is 11.5 Å². The predicted molar refractivity (Wildman–Crippen MR) is 241 cm³/mol. The van der Waals surface area contributed by atoms with E-state index in [1.54, 1.807) is 0 Å². The summed E-state index contributed by atoms with van der Waals surface area (Å²) in [6.45, 7) is 9.23. The number of unbranched alkanes of at least 4 members (excludes halogenated alkanes) is 14. The van der Waals surface area contributed by atoms with Gasteiger partial charge in [-0.1, -0.05) is 188 Å². The second kappa shape index (κ2) is 21.6. The minimum Gasteiger partial charge on any atom is -0.434 e. The first-order valence-corrected chi connectivity index (χ1v) is 22.0. The number of carbonyl (C=O) groups is 2. The Morgan fingerprint density at radius 3 is 1.10 bits per heavy atom. The van der Waals surface area contributed by atoms with E-state index in [0.29, 0.717) is 24.7 Å². The quantitative estimate of drug-likeness (QED) is 0.0313. The molecule has 0 aliphatic carbocycles. The van der Waals surface area contributed by atoms with Crippen LogP contribution in [0.25, 0.3) is 54.2 Å². The zero-order valence-corrected chi connectivity index (χ0v) is 35.3. The molecule has 0 radical (unpaired) electrons. The molecule has 0 spiro atoms. The topological polar surface area (TPSA) is 71.1 Å². The molecule has 6 aromatic carbocycles. The third kappa shape index (κ3) is 10.7. The smallest absolute Gasteiger partial charge is 0.434 e. The maximum absolute atomic E-state index is 13.3. The van der Waals surface area contributed by atoms with Gasteiger partial charge in [-0.2, -0.15) is 0 Å². The van der Waals surface area contributed by atoms with Crippen LogP contribution < -0.4 is 9.47 Å².